The van der Waals surface area contributed by atoms with Gasteiger partial charge in [0, 0.05) is 29.4 Å². The summed E-state index contributed by atoms with van der Waals surface area (Å²) >= 11 is 3.22. The predicted octanol–water partition coefficient (Wildman–Crippen LogP) is 1.51. The summed E-state index contributed by atoms with van der Waals surface area (Å²) in [7, 11) is -0.721. The molecule has 13 heavy (non-hydrogen) atoms. The second-order valence-corrected chi connectivity index (χ2v) is 5.00. The van der Waals surface area contributed by atoms with Crippen molar-refractivity contribution in [1.82, 2.24) is 5.32 Å². The summed E-state index contributed by atoms with van der Waals surface area (Å²) in [6.45, 7) is 1.43. The van der Waals surface area contributed by atoms with Gasteiger partial charge in [-0.1, -0.05) is 0 Å². The maximum absolute atomic E-state index is 10.7. The van der Waals surface area contributed by atoms with Crippen molar-refractivity contribution < 1.29 is 8.63 Å². The fourth-order valence-corrected chi connectivity index (χ4v) is 1.65. The summed E-state index contributed by atoms with van der Waals surface area (Å²) < 4.78 is 16.7. The van der Waals surface area contributed by atoms with Crippen molar-refractivity contribution >= 4 is 26.7 Å². The highest BCUT2D eigenvalue weighted by Crippen LogP contribution is 2.13. The molecule has 0 saturated carbocycles. The summed E-state index contributed by atoms with van der Waals surface area (Å²) in [4.78, 5) is 0. The Balaban J connectivity index is 2.16. The average molecular weight is 266 g/mol. The van der Waals surface area contributed by atoms with E-state index in [2.05, 4.69) is 21.2 Å². The van der Waals surface area contributed by atoms with Gasteiger partial charge in [0.05, 0.1) is 6.54 Å². The molecule has 3 nitrogen and oxygen atoms in total. The van der Waals surface area contributed by atoms with Crippen LogP contribution in [0.25, 0.3) is 0 Å². The molecular formula is C8H12BrNO2S. The van der Waals surface area contributed by atoms with Crippen molar-refractivity contribution in [2.24, 2.45) is 0 Å². The molecule has 0 fully saturated rings. The van der Waals surface area contributed by atoms with E-state index in [1.54, 1.807) is 6.26 Å². The molecule has 1 heterocycles. The first kappa shape index (κ1) is 10.9. The Labute approximate surface area is 88.5 Å². The van der Waals surface area contributed by atoms with Crippen molar-refractivity contribution in [3.8, 4) is 0 Å². The van der Waals surface area contributed by atoms with Gasteiger partial charge >= 0.3 is 0 Å². The van der Waals surface area contributed by atoms with Crippen LogP contribution in [0.1, 0.15) is 5.76 Å². The maximum atomic E-state index is 10.7. The van der Waals surface area contributed by atoms with E-state index in [4.69, 9.17) is 4.42 Å². The third-order valence-corrected chi connectivity index (χ3v) is 2.70. The summed E-state index contributed by atoms with van der Waals surface area (Å²) in [5.41, 5.74) is 0. The number of nitrogens with one attached hydrogen (secondary N) is 1. The van der Waals surface area contributed by atoms with E-state index in [0.717, 1.165) is 17.0 Å². The van der Waals surface area contributed by atoms with Crippen molar-refractivity contribution in [3.05, 3.63) is 22.6 Å². The minimum absolute atomic E-state index is 0.682. The number of furan rings is 1. The summed E-state index contributed by atoms with van der Waals surface area (Å²) in [5.74, 6) is 1.57. The molecule has 0 aliphatic heterocycles. The number of hydrogen-bond acceptors (Lipinski definition) is 3. The number of rotatable bonds is 5. The Hall–Kier alpha value is -0.130. The van der Waals surface area contributed by atoms with E-state index in [-0.39, 0.29) is 0 Å². The molecule has 1 aromatic rings. The van der Waals surface area contributed by atoms with Gasteiger partial charge in [0.25, 0.3) is 0 Å². The van der Waals surface area contributed by atoms with Gasteiger partial charge in [-0.3, -0.25) is 4.21 Å². The molecular weight excluding hydrogens is 254 g/mol. The Morgan fingerprint density at radius 1 is 1.62 bits per heavy atom. The third-order valence-electron chi connectivity index (χ3n) is 1.49. The molecule has 1 N–H and O–H groups in total. The zero-order valence-electron chi connectivity index (χ0n) is 7.38. The first-order chi connectivity index (χ1) is 6.18. The Bertz CT molecular complexity index is 287. The van der Waals surface area contributed by atoms with Crippen LogP contribution in [0.15, 0.2) is 21.2 Å². The molecule has 0 radical (unpaired) electrons. The van der Waals surface area contributed by atoms with Crippen molar-refractivity contribution in [1.29, 1.82) is 0 Å². The van der Waals surface area contributed by atoms with E-state index in [9.17, 15) is 4.21 Å². The molecule has 0 aliphatic carbocycles. The molecule has 1 atom stereocenters. The Kier molecular flexibility index (Phi) is 4.69. The normalized spacial score (nSPS) is 13.1. The summed E-state index contributed by atoms with van der Waals surface area (Å²) in [6, 6.07) is 3.76. The van der Waals surface area contributed by atoms with Gasteiger partial charge in [0.15, 0.2) is 4.67 Å². The van der Waals surface area contributed by atoms with Gasteiger partial charge < -0.3 is 9.73 Å². The van der Waals surface area contributed by atoms with Crippen molar-refractivity contribution in [2.75, 3.05) is 18.6 Å². The lowest BCUT2D eigenvalue weighted by Gasteiger charge is -1.99. The first-order valence-corrected chi connectivity index (χ1v) is 6.45. The fourth-order valence-electron chi connectivity index (χ4n) is 0.874. The van der Waals surface area contributed by atoms with Crippen LogP contribution >= 0.6 is 15.9 Å². The molecule has 0 spiro atoms. The number of halogens is 1. The van der Waals surface area contributed by atoms with Crippen molar-refractivity contribution in [3.63, 3.8) is 0 Å². The van der Waals surface area contributed by atoms with Gasteiger partial charge in [-0.15, -0.1) is 0 Å². The lowest BCUT2D eigenvalue weighted by atomic mass is 10.4. The maximum Gasteiger partial charge on any atom is 0.169 e. The van der Waals surface area contributed by atoms with E-state index in [0.29, 0.717) is 12.3 Å². The summed E-state index contributed by atoms with van der Waals surface area (Å²) in [5, 5.41) is 3.14. The molecule has 5 heteroatoms. The minimum Gasteiger partial charge on any atom is -0.453 e. The van der Waals surface area contributed by atoms with Crippen LogP contribution in [0.4, 0.5) is 0 Å². The zero-order valence-corrected chi connectivity index (χ0v) is 9.78. The standard InChI is InChI=1S/C8H12BrNO2S/c1-13(11)5-4-10-6-7-2-3-8(9)12-7/h2-3,10H,4-6H2,1H3. The third kappa shape index (κ3) is 4.59. The van der Waals surface area contributed by atoms with Crippen LogP contribution in [0.5, 0.6) is 0 Å². The quantitative estimate of drug-likeness (QED) is 0.821. The average Bonchev–Trinajstić information content (AvgIpc) is 2.45. The lowest BCUT2D eigenvalue weighted by molar-refractivity contribution is 0.469. The topological polar surface area (TPSA) is 42.2 Å². The molecule has 74 valence electrons. The molecule has 1 rings (SSSR count). The Morgan fingerprint density at radius 2 is 2.38 bits per heavy atom. The van der Waals surface area contributed by atoms with Crippen LogP contribution in [-0.4, -0.2) is 22.8 Å². The van der Waals surface area contributed by atoms with Crippen LogP contribution in [0.2, 0.25) is 0 Å². The second-order valence-electron chi connectivity index (χ2n) is 2.66. The van der Waals surface area contributed by atoms with E-state index >= 15 is 0 Å². The molecule has 1 aromatic heterocycles. The predicted molar refractivity (Wildman–Crippen MR) is 57.0 cm³/mol. The highest BCUT2D eigenvalue weighted by Gasteiger charge is 1.98. The van der Waals surface area contributed by atoms with E-state index in [1.807, 2.05) is 12.1 Å². The Morgan fingerprint density at radius 3 is 2.92 bits per heavy atom. The minimum atomic E-state index is -0.721. The molecule has 1 unspecified atom stereocenters. The molecule has 0 saturated heterocycles. The van der Waals surface area contributed by atoms with Crippen LogP contribution in [0.3, 0.4) is 0 Å². The molecule has 0 bridgehead atoms. The monoisotopic (exact) mass is 265 g/mol. The van der Waals surface area contributed by atoms with Gasteiger partial charge in [-0.2, -0.15) is 0 Å². The lowest BCUT2D eigenvalue weighted by Crippen LogP contribution is -2.19. The summed E-state index contributed by atoms with van der Waals surface area (Å²) in [6.07, 6.45) is 1.70. The van der Waals surface area contributed by atoms with Crippen LogP contribution in [-0.2, 0) is 17.3 Å². The van der Waals surface area contributed by atoms with Gasteiger partial charge in [0.2, 0.25) is 0 Å². The fraction of sp³-hybridized carbons (Fsp3) is 0.500. The first-order valence-electron chi connectivity index (χ1n) is 3.93. The highest BCUT2D eigenvalue weighted by molar-refractivity contribution is 9.10. The van der Waals surface area contributed by atoms with Crippen LogP contribution < -0.4 is 5.32 Å². The highest BCUT2D eigenvalue weighted by atomic mass is 79.9. The van der Waals surface area contributed by atoms with Crippen molar-refractivity contribution in [2.45, 2.75) is 6.54 Å². The van der Waals surface area contributed by atoms with E-state index < -0.39 is 10.8 Å². The van der Waals surface area contributed by atoms with Gasteiger partial charge in [0.1, 0.15) is 5.76 Å². The molecule has 0 aromatic carbocycles. The molecule has 0 aliphatic rings. The number of hydrogen-bond donors (Lipinski definition) is 1. The second kappa shape index (κ2) is 5.57. The largest absolute Gasteiger partial charge is 0.453 e. The van der Waals surface area contributed by atoms with E-state index in [1.165, 1.54) is 0 Å². The van der Waals surface area contributed by atoms with Gasteiger partial charge in [-0.25, -0.2) is 0 Å². The smallest absolute Gasteiger partial charge is 0.169 e. The molecule has 0 amide bonds. The SMILES string of the molecule is CS(=O)CCNCc1ccc(Br)o1. The zero-order chi connectivity index (χ0) is 9.68. The van der Waals surface area contributed by atoms with Gasteiger partial charge in [-0.05, 0) is 28.1 Å². The van der Waals surface area contributed by atoms with Crippen LogP contribution in [0, 0.1) is 0 Å².